The molecule has 0 amide bonds. The van der Waals surface area contributed by atoms with Crippen molar-refractivity contribution in [1.29, 1.82) is 5.26 Å². The van der Waals surface area contributed by atoms with Crippen LogP contribution in [0.5, 0.6) is 5.75 Å². The van der Waals surface area contributed by atoms with Crippen molar-refractivity contribution < 1.29 is 18.9 Å². The number of nitriles is 1. The number of hydrogen-bond donors (Lipinski definition) is 0. The summed E-state index contributed by atoms with van der Waals surface area (Å²) in [5.41, 5.74) is 0.00873. The smallest absolute Gasteiger partial charge is 0.142 e. The molecule has 0 unspecified atom stereocenters. The Morgan fingerprint density at radius 2 is 2.00 bits per heavy atom. The van der Waals surface area contributed by atoms with E-state index in [1.807, 2.05) is 0 Å². The van der Waals surface area contributed by atoms with E-state index in [2.05, 4.69) is 4.52 Å². The minimum absolute atomic E-state index is 0.00873. The molecular weight excluding hydrogens is 193 g/mol. The molecule has 0 aliphatic heterocycles. The second kappa shape index (κ2) is 3.58. The minimum Gasteiger partial charge on any atom is -0.780 e. The third-order valence-electron chi connectivity index (χ3n) is 1.22. The van der Waals surface area contributed by atoms with E-state index >= 15 is 0 Å². The van der Waals surface area contributed by atoms with Crippen LogP contribution >= 0.6 is 7.82 Å². The molecule has 0 atom stereocenters. The number of rotatable bonds is 2. The molecule has 6 heteroatoms. The van der Waals surface area contributed by atoms with Gasteiger partial charge >= 0.3 is 0 Å². The average molecular weight is 197 g/mol. The third kappa shape index (κ3) is 2.88. The van der Waals surface area contributed by atoms with Gasteiger partial charge in [0, 0.05) is 0 Å². The molecule has 1 rings (SSSR count). The van der Waals surface area contributed by atoms with Crippen molar-refractivity contribution in [2.45, 2.75) is 0 Å². The van der Waals surface area contributed by atoms with Crippen molar-refractivity contribution >= 4 is 7.82 Å². The molecule has 0 saturated carbocycles. The number of para-hydroxylation sites is 1. The first-order chi connectivity index (χ1) is 6.03. The van der Waals surface area contributed by atoms with Crippen LogP contribution in [0.25, 0.3) is 0 Å². The number of hydrogen-bond acceptors (Lipinski definition) is 5. The van der Waals surface area contributed by atoms with Gasteiger partial charge in [-0.3, -0.25) is 0 Å². The highest BCUT2D eigenvalue weighted by Gasteiger charge is 2.02. The van der Waals surface area contributed by atoms with Crippen LogP contribution in [0.1, 0.15) is 5.56 Å². The Morgan fingerprint density at radius 3 is 2.54 bits per heavy atom. The molecule has 0 aromatic heterocycles. The molecule has 0 radical (unpaired) electrons. The van der Waals surface area contributed by atoms with Crippen LogP contribution in [0.15, 0.2) is 24.3 Å². The van der Waals surface area contributed by atoms with E-state index in [4.69, 9.17) is 5.26 Å². The van der Waals surface area contributed by atoms with E-state index in [-0.39, 0.29) is 11.3 Å². The first-order valence-electron chi connectivity index (χ1n) is 3.24. The molecule has 1 aromatic carbocycles. The maximum absolute atomic E-state index is 10.2. The van der Waals surface area contributed by atoms with Gasteiger partial charge in [0.25, 0.3) is 0 Å². The first kappa shape index (κ1) is 9.75. The highest BCUT2D eigenvalue weighted by Crippen LogP contribution is 2.30. The van der Waals surface area contributed by atoms with Crippen molar-refractivity contribution in [2.24, 2.45) is 0 Å². The monoisotopic (exact) mass is 197 g/mol. The molecule has 0 N–H and O–H groups in total. The van der Waals surface area contributed by atoms with E-state index in [9.17, 15) is 14.4 Å². The van der Waals surface area contributed by atoms with E-state index < -0.39 is 7.82 Å². The SMILES string of the molecule is N#Cc1ccccc1OP(=O)([O-])[O-]. The second-order valence-electron chi connectivity index (χ2n) is 2.15. The Hall–Kier alpha value is -1.34. The molecule has 0 saturated heterocycles. The van der Waals surface area contributed by atoms with Crippen molar-refractivity contribution in [3.63, 3.8) is 0 Å². The van der Waals surface area contributed by atoms with Crippen molar-refractivity contribution in [1.82, 2.24) is 0 Å². The minimum atomic E-state index is -5.08. The van der Waals surface area contributed by atoms with E-state index in [0.717, 1.165) is 0 Å². The van der Waals surface area contributed by atoms with Gasteiger partial charge in [0.2, 0.25) is 0 Å². The highest BCUT2D eigenvalue weighted by atomic mass is 31.2. The van der Waals surface area contributed by atoms with Crippen LogP contribution in [-0.4, -0.2) is 0 Å². The first-order valence-corrected chi connectivity index (χ1v) is 4.70. The van der Waals surface area contributed by atoms with Gasteiger partial charge in [-0.05, 0) is 12.1 Å². The van der Waals surface area contributed by atoms with Crippen molar-refractivity contribution in [2.75, 3.05) is 0 Å². The van der Waals surface area contributed by atoms with Crippen LogP contribution < -0.4 is 14.3 Å². The summed E-state index contributed by atoms with van der Waals surface area (Å²) in [4.78, 5) is 20.4. The van der Waals surface area contributed by atoms with Gasteiger partial charge in [0.05, 0.1) is 5.56 Å². The molecule has 0 spiro atoms. The molecule has 0 aliphatic carbocycles. The maximum atomic E-state index is 10.2. The van der Waals surface area contributed by atoms with Gasteiger partial charge in [-0.2, -0.15) is 5.26 Å². The quantitative estimate of drug-likeness (QED) is 0.609. The average Bonchev–Trinajstić information content (AvgIpc) is 2.02. The van der Waals surface area contributed by atoms with Gasteiger partial charge in [-0.15, -0.1) is 0 Å². The Bertz CT molecular complexity index is 392. The fraction of sp³-hybridized carbons (Fsp3) is 0. The summed E-state index contributed by atoms with van der Waals surface area (Å²) in [7, 11) is -5.08. The fourth-order valence-electron chi connectivity index (χ4n) is 0.759. The Balaban J connectivity index is 3.03. The molecule has 1 aromatic rings. The van der Waals surface area contributed by atoms with Gasteiger partial charge in [-0.25, -0.2) is 0 Å². The summed E-state index contributed by atoms with van der Waals surface area (Å²) in [6, 6.07) is 7.28. The number of benzene rings is 1. The normalized spacial score (nSPS) is 10.5. The third-order valence-corrected chi connectivity index (χ3v) is 1.64. The lowest BCUT2D eigenvalue weighted by molar-refractivity contribution is -0.333. The summed E-state index contributed by atoms with van der Waals surface area (Å²) in [6.07, 6.45) is 0. The molecule has 5 nitrogen and oxygen atoms in total. The van der Waals surface area contributed by atoms with Gasteiger partial charge in [0.1, 0.15) is 19.6 Å². The molecular formula is C7H4NO4P-2. The number of nitrogens with zero attached hydrogens (tertiary/aromatic N) is 1. The van der Waals surface area contributed by atoms with Gasteiger partial charge in [0.15, 0.2) is 0 Å². The highest BCUT2D eigenvalue weighted by molar-refractivity contribution is 7.43. The predicted octanol–water partition coefficient (Wildman–Crippen LogP) is -0.234. The lowest BCUT2D eigenvalue weighted by Crippen LogP contribution is -2.18. The molecule has 68 valence electrons. The standard InChI is InChI=1S/C7H6NO4P/c8-5-6-3-1-2-4-7(6)12-13(9,10)11/h1-4H,(H2,9,10,11)/p-2. The van der Waals surface area contributed by atoms with Crippen molar-refractivity contribution in [3.05, 3.63) is 29.8 Å². The lowest BCUT2D eigenvalue weighted by Gasteiger charge is -2.29. The van der Waals surface area contributed by atoms with Gasteiger partial charge < -0.3 is 18.9 Å². The summed E-state index contributed by atoms with van der Waals surface area (Å²) < 4.78 is 14.3. The van der Waals surface area contributed by atoms with Crippen molar-refractivity contribution in [3.8, 4) is 11.8 Å². The summed E-state index contributed by atoms with van der Waals surface area (Å²) in [5, 5.41) is 8.49. The van der Waals surface area contributed by atoms with Crippen LogP contribution in [0.4, 0.5) is 0 Å². The number of phosphoric acid groups is 1. The molecule has 13 heavy (non-hydrogen) atoms. The van der Waals surface area contributed by atoms with E-state index in [0.29, 0.717) is 0 Å². The zero-order valence-electron chi connectivity index (χ0n) is 6.34. The second-order valence-corrected chi connectivity index (χ2v) is 3.22. The van der Waals surface area contributed by atoms with Crippen LogP contribution in [0, 0.1) is 11.3 Å². The largest absolute Gasteiger partial charge is 0.780 e. The Labute approximate surface area is 74.4 Å². The number of phosphoric ester groups is 1. The summed E-state index contributed by atoms with van der Waals surface area (Å²) >= 11 is 0. The lowest BCUT2D eigenvalue weighted by atomic mass is 10.2. The molecule has 0 heterocycles. The molecule has 0 fully saturated rings. The Morgan fingerprint density at radius 1 is 1.38 bits per heavy atom. The van der Waals surface area contributed by atoms with Crippen LogP contribution in [0.2, 0.25) is 0 Å². The van der Waals surface area contributed by atoms with Crippen LogP contribution in [-0.2, 0) is 4.57 Å². The molecule has 0 bridgehead atoms. The summed E-state index contributed by atoms with van der Waals surface area (Å²) in [6.45, 7) is 0. The van der Waals surface area contributed by atoms with Crippen LogP contribution in [0.3, 0.4) is 0 Å². The predicted molar refractivity (Wildman–Crippen MR) is 39.4 cm³/mol. The van der Waals surface area contributed by atoms with Gasteiger partial charge in [-0.1, -0.05) is 12.1 Å². The zero-order chi connectivity index (χ0) is 9.90. The zero-order valence-corrected chi connectivity index (χ0v) is 7.23. The Kier molecular flexibility index (Phi) is 2.69. The molecule has 0 aliphatic rings. The topological polar surface area (TPSA) is 96.2 Å². The maximum Gasteiger partial charge on any atom is 0.142 e. The van der Waals surface area contributed by atoms with E-state index in [1.54, 1.807) is 6.07 Å². The van der Waals surface area contributed by atoms with E-state index in [1.165, 1.54) is 24.3 Å². The fourth-order valence-corrected chi connectivity index (χ4v) is 1.16. The summed E-state index contributed by atoms with van der Waals surface area (Å²) in [5.74, 6) is -0.238.